The van der Waals surface area contributed by atoms with Crippen LogP contribution in [0.2, 0.25) is 5.02 Å². The van der Waals surface area contributed by atoms with E-state index in [2.05, 4.69) is 9.97 Å². The van der Waals surface area contributed by atoms with E-state index in [1.807, 2.05) is 4.90 Å². The highest BCUT2D eigenvalue weighted by molar-refractivity contribution is 6.31. The minimum atomic E-state index is -2.23. The van der Waals surface area contributed by atoms with Crippen LogP contribution >= 0.6 is 11.6 Å². The number of imidazole rings is 1. The number of carbonyl (C=O) groups is 1. The molecule has 0 aliphatic carbocycles. The molecule has 3 unspecified atom stereocenters. The number of H-pyrrole nitrogens is 1. The lowest BCUT2D eigenvalue weighted by atomic mass is 10.0. The number of fused-ring (bicyclic) bond motifs is 1. The minimum absolute atomic E-state index is 0.0699. The van der Waals surface area contributed by atoms with Crippen LogP contribution in [0, 0.1) is 0 Å². The standard InChI is InChI=1S/C14H16ClN3O6/c15-5-3-6-8(7(4-5)18-1-2-18)17-13(16-6)11(21)9(19)10(20)12(22)14(23)24/h3-4,9-12,19-22H,1-2H2,(H,16,17)(H,23,24)/t9?,10-,11?,12?/m1/s1. The van der Waals surface area contributed by atoms with Gasteiger partial charge >= 0.3 is 5.97 Å². The van der Waals surface area contributed by atoms with E-state index in [0.29, 0.717) is 16.1 Å². The Bertz CT molecular complexity index is 777. The summed E-state index contributed by atoms with van der Waals surface area (Å²) in [5, 5.41) is 48.1. The van der Waals surface area contributed by atoms with E-state index in [1.165, 1.54) is 0 Å². The van der Waals surface area contributed by atoms with Crippen molar-refractivity contribution in [3.63, 3.8) is 0 Å². The Kier molecular flexibility index (Phi) is 4.37. The van der Waals surface area contributed by atoms with Crippen molar-refractivity contribution in [1.82, 2.24) is 9.97 Å². The molecule has 0 radical (unpaired) electrons. The molecule has 2 heterocycles. The van der Waals surface area contributed by atoms with E-state index >= 15 is 0 Å². The first-order chi connectivity index (χ1) is 11.3. The summed E-state index contributed by atoms with van der Waals surface area (Å²) < 4.78 is 0. The second kappa shape index (κ2) is 6.19. The van der Waals surface area contributed by atoms with Crippen molar-refractivity contribution >= 4 is 34.3 Å². The number of benzene rings is 1. The number of aliphatic hydroxyl groups excluding tert-OH is 4. The molecule has 9 nitrogen and oxygen atoms in total. The molecule has 1 aliphatic rings. The molecule has 1 aliphatic heterocycles. The quantitative estimate of drug-likeness (QED) is 0.369. The third kappa shape index (κ3) is 3.04. The number of aromatic amines is 1. The zero-order valence-electron chi connectivity index (χ0n) is 12.3. The van der Waals surface area contributed by atoms with Crippen LogP contribution in [-0.4, -0.2) is 72.9 Å². The zero-order chi connectivity index (χ0) is 17.6. The Hall–Kier alpha value is -1.91. The number of carboxylic acid groups (broad SMARTS) is 1. The predicted molar refractivity (Wildman–Crippen MR) is 83.9 cm³/mol. The fourth-order valence-corrected chi connectivity index (χ4v) is 2.65. The van der Waals surface area contributed by atoms with Crippen LogP contribution in [0.1, 0.15) is 11.9 Å². The minimum Gasteiger partial charge on any atom is -0.479 e. The van der Waals surface area contributed by atoms with Gasteiger partial charge in [0.05, 0.1) is 16.7 Å². The van der Waals surface area contributed by atoms with Crippen LogP contribution < -0.4 is 4.90 Å². The number of nitrogens with zero attached hydrogens (tertiary/aromatic N) is 2. The maximum atomic E-state index is 10.7. The van der Waals surface area contributed by atoms with Crippen molar-refractivity contribution in [2.75, 3.05) is 18.0 Å². The van der Waals surface area contributed by atoms with Crippen molar-refractivity contribution in [2.45, 2.75) is 24.4 Å². The molecular weight excluding hydrogens is 342 g/mol. The van der Waals surface area contributed by atoms with Gasteiger partial charge in [0.1, 0.15) is 24.1 Å². The van der Waals surface area contributed by atoms with Crippen LogP contribution in [-0.2, 0) is 4.79 Å². The van der Waals surface area contributed by atoms with Gasteiger partial charge in [0, 0.05) is 18.1 Å². The number of aromatic nitrogens is 2. The van der Waals surface area contributed by atoms with Gasteiger partial charge in [-0.25, -0.2) is 9.78 Å². The second-order valence-electron chi connectivity index (χ2n) is 5.64. The Morgan fingerprint density at radius 1 is 1.21 bits per heavy atom. The number of aliphatic carboxylic acids is 1. The molecule has 4 atom stereocenters. The summed E-state index contributed by atoms with van der Waals surface area (Å²) >= 11 is 6.04. The van der Waals surface area contributed by atoms with E-state index in [9.17, 15) is 25.2 Å². The predicted octanol–water partition coefficient (Wildman–Crippen LogP) is -0.763. The summed E-state index contributed by atoms with van der Waals surface area (Å²) in [6.07, 6.45) is -7.98. The van der Waals surface area contributed by atoms with Gasteiger partial charge in [-0.1, -0.05) is 11.6 Å². The Labute approximate surface area is 140 Å². The molecule has 3 rings (SSSR count). The van der Waals surface area contributed by atoms with E-state index in [1.54, 1.807) is 12.1 Å². The zero-order valence-corrected chi connectivity index (χ0v) is 13.1. The molecule has 1 aromatic carbocycles. The molecule has 1 fully saturated rings. The van der Waals surface area contributed by atoms with Gasteiger partial charge in [0.2, 0.25) is 0 Å². The van der Waals surface area contributed by atoms with Crippen LogP contribution in [0.3, 0.4) is 0 Å². The smallest absolute Gasteiger partial charge is 0.335 e. The van der Waals surface area contributed by atoms with Crippen molar-refractivity contribution in [3.8, 4) is 0 Å². The van der Waals surface area contributed by atoms with E-state index < -0.39 is 30.4 Å². The summed E-state index contributed by atoms with van der Waals surface area (Å²) in [5.41, 5.74) is 1.86. The van der Waals surface area contributed by atoms with Gasteiger partial charge in [-0.3, -0.25) is 0 Å². The highest BCUT2D eigenvalue weighted by Crippen LogP contribution is 2.34. The van der Waals surface area contributed by atoms with Crippen molar-refractivity contribution < 1.29 is 30.3 Å². The summed E-state index contributed by atoms with van der Waals surface area (Å²) in [6, 6.07) is 3.32. The summed E-state index contributed by atoms with van der Waals surface area (Å²) in [5.74, 6) is -1.78. The Balaban J connectivity index is 1.91. The number of carboxylic acids is 1. The third-order valence-electron chi connectivity index (χ3n) is 3.87. The van der Waals surface area contributed by atoms with Crippen molar-refractivity contribution in [3.05, 3.63) is 23.0 Å². The number of rotatable bonds is 6. The molecule has 0 spiro atoms. The van der Waals surface area contributed by atoms with Gasteiger partial charge in [0.25, 0.3) is 0 Å². The van der Waals surface area contributed by atoms with E-state index in [0.717, 1.165) is 18.8 Å². The molecule has 6 N–H and O–H groups in total. The number of anilines is 1. The van der Waals surface area contributed by atoms with Gasteiger partial charge in [-0.15, -0.1) is 0 Å². The lowest BCUT2D eigenvalue weighted by molar-refractivity contribution is -0.163. The fraction of sp³-hybridized carbons (Fsp3) is 0.429. The number of hydrogen-bond acceptors (Lipinski definition) is 7. The molecule has 1 saturated heterocycles. The third-order valence-corrected chi connectivity index (χ3v) is 4.09. The molecule has 0 saturated carbocycles. The average Bonchev–Trinajstić information content (AvgIpc) is 3.30. The topological polar surface area (TPSA) is 150 Å². The highest BCUT2D eigenvalue weighted by Gasteiger charge is 2.36. The fourth-order valence-electron chi connectivity index (χ4n) is 2.44. The molecule has 2 aromatic rings. The van der Waals surface area contributed by atoms with Crippen LogP contribution in [0.25, 0.3) is 11.0 Å². The first kappa shape index (κ1) is 16.9. The normalized spacial score (nSPS) is 19.1. The number of aliphatic hydroxyl groups is 4. The van der Waals surface area contributed by atoms with Crippen molar-refractivity contribution in [2.24, 2.45) is 0 Å². The van der Waals surface area contributed by atoms with Crippen LogP contribution in [0.5, 0.6) is 0 Å². The first-order valence-corrected chi connectivity index (χ1v) is 7.56. The largest absolute Gasteiger partial charge is 0.479 e. The molecule has 0 amide bonds. The number of halogens is 1. The van der Waals surface area contributed by atoms with E-state index in [-0.39, 0.29) is 5.82 Å². The molecule has 0 bridgehead atoms. The highest BCUT2D eigenvalue weighted by atomic mass is 35.5. The van der Waals surface area contributed by atoms with Gasteiger partial charge < -0.3 is 35.4 Å². The summed E-state index contributed by atoms with van der Waals surface area (Å²) in [7, 11) is 0. The molecular formula is C14H16ClN3O6. The van der Waals surface area contributed by atoms with Gasteiger partial charge in [0.15, 0.2) is 6.10 Å². The van der Waals surface area contributed by atoms with Gasteiger partial charge in [-0.05, 0) is 12.1 Å². The Morgan fingerprint density at radius 2 is 1.88 bits per heavy atom. The summed E-state index contributed by atoms with van der Waals surface area (Å²) in [6.45, 7) is 1.72. The molecule has 10 heteroatoms. The number of nitrogens with one attached hydrogen (secondary N) is 1. The van der Waals surface area contributed by atoms with Crippen molar-refractivity contribution in [1.29, 1.82) is 0 Å². The van der Waals surface area contributed by atoms with E-state index in [4.69, 9.17) is 16.7 Å². The summed E-state index contributed by atoms with van der Waals surface area (Å²) in [4.78, 5) is 19.7. The Morgan fingerprint density at radius 3 is 2.46 bits per heavy atom. The monoisotopic (exact) mass is 357 g/mol. The molecule has 24 heavy (non-hydrogen) atoms. The van der Waals surface area contributed by atoms with Crippen LogP contribution in [0.4, 0.5) is 5.69 Å². The molecule has 130 valence electrons. The maximum absolute atomic E-state index is 10.7. The second-order valence-corrected chi connectivity index (χ2v) is 6.07. The maximum Gasteiger partial charge on any atom is 0.335 e. The first-order valence-electron chi connectivity index (χ1n) is 7.18. The number of hydrogen-bond donors (Lipinski definition) is 6. The molecule has 1 aromatic heterocycles. The lowest BCUT2D eigenvalue weighted by Gasteiger charge is -2.23. The van der Waals surface area contributed by atoms with Gasteiger partial charge in [-0.2, -0.15) is 0 Å². The van der Waals surface area contributed by atoms with Crippen LogP contribution in [0.15, 0.2) is 12.1 Å². The SMILES string of the molecule is O=C(O)C(O)[C@H](O)C(O)C(O)c1nc2cc(Cl)cc(N3CC3)c2[nH]1. The lowest BCUT2D eigenvalue weighted by Crippen LogP contribution is -2.45. The average molecular weight is 358 g/mol.